The number of hydrogen-bond donors (Lipinski definition) is 1. The van der Waals surface area contributed by atoms with Crippen molar-refractivity contribution in [3.8, 4) is 0 Å². The van der Waals surface area contributed by atoms with Crippen molar-refractivity contribution in [1.82, 2.24) is 0 Å². The molecule has 0 fully saturated rings. The molecule has 180 valence electrons. The first-order valence-electron chi connectivity index (χ1n) is 9.22. The summed E-state index contributed by atoms with van der Waals surface area (Å²) in [4.78, 5) is 11.6. The molecule has 14 heteroatoms. The molecule has 0 unspecified atom stereocenters. The van der Waals surface area contributed by atoms with Gasteiger partial charge in [-0.2, -0.15) is 34.8 Å². The molecule has 0 bridgehead atoms. The van der Waals surface area contributed by atoms with E-state index in [4.69, 9.17) is 8.98 Å². The summed E-state index contributed by atoms with van der Waals surface area (Å²) in [5.74, 6) is -4.71. The minimum Gasteiger partial charge on any atom is -0.438 e. The number of hydrogen-bond acceptors (Lipinski definition) is 5. The fourth-order valence-electron chi connectivity index (χ4n) is 2.60. The number of rotatable bonds is 13. The standard InChI is InChI=1S/C16H28F6O6SSi/c1-27-30(2,3)11-9-7-5-4-6-8-10-13(23)28-14(15(17,18)19,16(20,21)22)12-29(24,25)26/h4-12H2,1-3H3,(H,24,25,26). The Morgan fingerprint density at radius 1 is 0.900 bits per heavy atom. The van der Waals surface area contributed by atoms with Crippen molar-refractivity contribution in [1.29, 1.82) is 0 Å². The van der Waals surface area contributed by atoms with E-state index in [0.717, 1.165) is 25.3 Å². The topological polar surface area (TPSA) is 89.9 Å². The highest BCUT2D eigenvalue weighted by Gasteiger charge is 2.75. The molecule has 0 aliphatic carbocycles. The summed E-state index contributed by atoms with van der Waals surface area (Å²) in [5, 5.41) is 0. The molecular formula is C16H28F6O6SSi. The van der Waals surface area contributed by atoms with Gasteiger partial charge in [-0.25, -0.2) is 0 Å². The number of esters is 1. The largest absolute Gasteiger partial charge is 0.438 e. The maximum absolute atomic E-state index is 13.1. The highest BCUT2D eigenvalue weighted by atomic mass is 32.2. The molecule has 0 rings (SSSR count). The van der Waals surface area contributed by atoms with Crippen LogP contribution >= 0.6 is 0 Å². The molecule has 0 atom stereocenters. The van der Waals surface area contributed by atoms with Gasteiger partial charge in [-0.05, 0) is 25.6 Å². The Morgan fingerprint density at radius 3 is 1.73 bits per heavy atom. The molecule has 0 aromatic rings. The second-order valence-corrected chi connectivity index (χ2v) is 13.5. The van der Waals surface area contributed by atoms with Gasteiger partial charge in [0, 0.05) is 13.5 Å². The van der Waals surface area contributed by atoms with Crippen LogP contribution in [0.25, 0.3) is 0 Å². The third-order valence-corrected chi connectivity index (χ3v) is 7.99. The van der Waals surface area contributed by atoms with Gasteiger partial charge in [0.05, 0.1) is 0 Å². The molecule has 0 aliphatic heterocycles. The van der Waals surface area contributed by atoms with Crippen molar-refractivity contribution in [3.63, 3.8) is 0 Å². The predicted octanol–water partition coefficient (Wildman–Crippen LogP) is 4.86. The Kier molecular flexibility index (Phi) is 10.8. The minimum absolute atomic E-state index is 0.0190. The Bertz CT molecular complexity index is 634. The monoisotopic (exact) mass is 490 g/mol. The summed E-state index contributed by atoms with van der Waals surface area (Å²) in [5.41, 5.74) is -5.33. The number of carbonyl (C=O) groups is 1. The maximum Gasteiger partial charge on any atom is 0.438 e. The Morgan fingerprint density at radius 2 is 1.33 bits per heavy atom. The lowest BCUT2D eigenvalue weighted by atomic mass is 10.1. The zero-order chi connectivity index (χ0) is 23.9. The molecule has 0 aromatic carbocycles. The maximum atomic E-state index is 13.1. The quantitative estimate of drug-likeness (QED) is 0.130. The van der Waals surface area contributed by atoms with Gasteiger partial charge in [-0.3, -0.25) is 9.35 Å². The van der Waals surface area contributed by atoms with Crippen LogP contribution in [-0.4, -0.2) is 58.1 Å². The zero-order valence-corrected chi connectivity index (χ0v) is 18.8. The molecule has 0 amide bonds. The molecule has 0 heterocycles. The van der Waals surface area contributed by atoms with Crippen molar-refractivity contribution in [2.75, 3.05) is 12.9 Å². The van der Waals surface area contributed by atoms with Gasteiger partial charge < -0.3 is 9.16 Å². The van der Waals surface area contributed by atoms with Crippen LogP contribution in [0.15, 0.2) is 0 Å². The van der Waals surface area contributed by atoms with Crippen LogP contribution in [0, 0.1) is 0 Å². The predicted molar refractivity (Wildman–Crippen MR) is 99.0 cm³/mol. The van der Waals surface area contributed by atoms with E-state index >= 15 is 0 Å². The normalized spacial score (nSPS) is 14.1. The molecule has 0 saturated carbocycles. The second kappa shape index (κ2) is 11.1. The lowest BCUT2D eigenvalue weighted by Gasteiger charge is -2.35. The Labute approximate surface area is 173 Å². The molecule has 0 radical (unpaired) electrons. The summed E-state index contributed by atoms with van der Waals surface area (Å²) in [6, 6.07) is 0.959. The first-order valence-corrected chi connectivity index (χ1v) is 13.9. The van der Waals surface area contributed by atoms with E-state index in [1.807, 2.05) is 0 Å². The number of ether oxygens (including phenoxy) is 1. The van der Waals surface area contributed by atoms with Gasteiger partial charge in [-0.15, -0.1) is 0 Å². The summed E-state index contributed by atoms with van der Waals surface area (Å²) in [6.45, 7) is 4.14. The van der Waals surface area contributed by atoms with E-state index in [0.29, 0.717) is 12.8 Å². The Balaban J connectivity index is 4.69. The lowest BCUT2D eigenvalue weighted by Crippen LogP contribution is -2.63. The highest BCUT2D eigenvalue weighted by Crippen LogP contribution is 2.47. The smallest absolute Gasteiger partial charge is 0.438 e. The van der Waals surface area contributed by atoms with Crippen molar-refractivity contribution < 1.29 is 53.3 Å². The molecule has 30 heavy (non-hydrogen) atoms. The van der Waals surface area contributed by atoms with E-state index < -0.39 is 54.5 Å². The van der Waals surface area contributed by atoms with Crippen molar-refractivity contribution in [2.45, 2.75) is 82.0 Å². The third kappa shape index (κ3) is 9.96. The molecule has 0 saturated heterocycles. The Hall–Kier alpha value is -0.863. The van der Waals surface area contributed by atoms with E-state index in [9.17, 15) is 39.6 Å². The van der Waals surface area contributed by atoms with Gasteiger partial charge in [0.25, 0.3) is 10.1 Å². The first kappa shape index (κ1) is 29.1. The SMILES string of the molecule is CO[Si](C)(C)CCCCCCCCC(=O)OC(CS(=O)(=O)O)(C(F)(F)F)C(F)(F)F. The van der Waals surface area contributed by atoms with Gasteiger partial charge in [0.15, 0.2) is 8.32 Å². The van der Waals surface area contributed by atoms with Crippen LogP contribution in [0.3, 0.4) is 0 Å². The molecule has 0 spiro atoms. The van der Waals surface area contributed by atoms with Crippen LogP contribution in [0.5, 0.6) is 0 Å². The van der Waals surface area contributed by atoms with Crippen molar-refractivity contribution in [2.24, 2.45) is 0 Å². The average Bonchev–Trinajstić information content (AvgIpc) is 2.53. The molecule has 1 N–H and O–H groups in total. The second-order valence-electron chi connectivity index (χ2n) is 7.61. The van der Waals surface area contributed by atoms with Gasteiger partial charge in [-0.1, -0.05) is 32.1 Å². The number of halogens is 6. The van der Waals surface area contributed by atoms with E-state index in [2.05, 4.69) is 17.8 Å². The third-order valence-electron chi connectivity index (χ3n) is 4.55. The van der Waals surface area contributed by atoms with Gasteiger partial charge in [0.1, 0.15) is 5.75 Å². The summed E-state index contributed by atoms with van der Waals surface area (Å²) in [7, 11) is -5.75. The van der Waals surface area contributed by atoms with Crippen molar-refractivity contribution in [3.05, 3.63) is 0 Å². The number of unbranched alkanes of at least 4 members (excludes halogenated alkanes) is 5. The first-order chi connectivity index (χ1) is 13.4. The van der Waals surface area contributed by atoms with Crippen LogP contribution in [0.4, 0.5) is 26.3 Å². The van der Waals surface area contributed by atoms with Crippen molar-refractivity contribution >= 4 is 24.4 Å². The minimum atomic E-state index is -6.30. The van der Waals surface area contributed by atoms with Crippen LogP contribution in [0.2, 0.25) is 19.1 Å². The fourth-order valence-corrected chi connectivity index (χ4v) is 4.81. The van der Waals surface area contributed by atoms with Crippen LogP contribution < -0.4 is 0 Å². The van der Waals surface area contributed by atoms with Gasteiger partial charge >= 0.3 is 23.9 Å². The summed E-state index contributed by atoms with van der Waals surface area (Å²) in [6.07, 6.45) is -9.76. The van der Waals surface area contributed by atoms with Crippen LogP contribution in [-0.2, 0) is 24.1 Å². The van der Waals surface area contributed by atoms with E-state index in [-0.39, 0.29) is 6.42 Å². The lowest BCUT2D eigenvalue weighted by molar-refractivity contribution is -0.361. The summed E-state index contributed by atoms with van der Waals surface area (Å²) < 4.78 is 117. The average molecular weight is 491 g/mol. The highest BCUT2D eigenvalue weighted by molar-refractivity contribution is 7.85. The fraction of sp³-hybridized carbons (Fsp3) is 0.938. The molecule has 6 nitrogen and oxygen atoms in total. The number of carbonyl (C=O) groups excluding carboxylic acids is 1. The van der Waals surface area contributed by atoms with Gasteiger partial charge in [0.2, 0.25) is 0 Å². The zero-order valence-electron chi connectivity index (χ0n) is 17.0. The number of alkyl halides is 6. The molecule has 0 aliphatic rings. The van der Waals surface area contributed by atoms with E-state index in [1.165, 1.54) is 0 Å². The summed E-state index contributed by atoms with van der Waals surface area (Å²) >= 11 is 0. The van der Waals surface area contributed by atoms with Crippen LogP contribution in [0.1, 0.15) is 44.9 Å². The molecule has 0 aromatic heterocycles. The molecular weight excluding hydrogens is 462 g/mol. The van der Waals surface area contributed by atoms with E-state index in [1.54, 1.807) is 7.11 Å².